The Bertz CT molecular complexity index is 123. The summed E-state index contributed by atoms with van der Waals surface area (Å²) in [7, 11) is 0. The van der Waals surface area contributed by atoms with E-state index in [-0.39, 0.29) is 0 Å². The van der Waals surface area contributed by atoms with E-state index >= 15 is 0 Å². The molecule has 0 aliphatic carbocycles. The lowest BCUT2D eigenvalue weighted by atomic mass is 10.1. The van der Waals surface area contributed by atoms with Crippen molar-refractivity contribution in [3.05, 3.63) is 12.2 Å². The Labute approximate surface area is 78.4 Å². The number of hydrogen-bond donors (Lipinski definition) is 3. The first-order valence-corrected chi connectivity index (χ1v) is 4.31. The van der Waals surface area contributed by atoms with Crippen LogP contribution in [0.2, 0.25) is 0 Å². The Morgan fingerprint density at radius 1 is 1.31 bits per heavy atom. The molecule has 1 atom stereocenters. The van der Waals surface area contributed by atoms with Crippen LogP contribution in [-0.4, -0.2) is 28.0 Å². The number of aliphatic hydroxyl groups excluding tert-OH is 1. The SMILES string of the molecule is CCCCCC(O)C=CC=O.OO. The van der Waals surface area contributed by atoms with E-state index in [2.05, 4.69) is 6.92 Å². The number of aldehydes is 1. The van der Waals surface area contributed by atoms with Crippen molar-refractivity contribution in [2.45, 2.75) is 38.7 Å². The first-order chi connectivity index (χ1) is 6.31. The van der Waals surface area contributed by atoms with Crippen molar-refractivity contribution in [3.63, 3.8) is 0 Å². The van der Waals surface area contributed by atoms with Crippen LogP contribution in [0, 0.1) is 0 Å². The zero-order valence-electron chi connectivity index (χ0n) is 7.89. The van der Waals surface area contributed by atoms with Gasteiger partial charge in [-0.1, -0.05) is 32.3 Å². The number of aliphatic hydroxyl groups is 1. The quantitative estimate of drug-likeness (QED) is 0.196. The van der Waals surface area contributed by atoms with E-state index in [0.29, 0.717) is 6.29 Å². The van der Waals surface area contributed by atoms with Gasteiger partial charge in [0.1, 0.15) is 6.29 Å². The number of unbranched alkanes of at least 4 members (excludes halogenated alkanes) is 2. The van der Waals surface area contributed by atoms with Crippen LogP contribution in [0.1, 0.15) is 32.6 Å². The Hall–Kier alpha value is -0.710. The standard InChI is InChI=1S/C9H16O2.H2O2/c1-2-3-4-6-9(11)7-5-8-10;1-2/h5,7-9,11H,2-4,6H2,1H3;1-2H. The van der Waals surface area contributed by atoms with Crippen LogP contribution >= 0.6 is 0 Å². The van der Waals surface area contributed by atoms with Crippen LogP contribution in [0.25, 0.3) is 0 Å². The third kappa shape index (κ3) is 14.2. The van der Waals surface area contributed by atoms with Crippen molar-refractivity contribution in [1.82, 2.24) is 0 Å². The Morgan fingerprint density at radius 3 is 2.38 bits per heavy atom. The maximum Gasteiger partial charge on any atom is 0.142 e. The average molecular weight is 190 g/mol. The molecular weight excluding hydrogens is 172 g/mol. The second-order valence-electron chi connectivity index (χ2n) is 2.58. The minimum Gasteiger partial charge on any atom is -0.389 e. The molecule has 78 valence electrons. The fourth-order valence-corrected chi connectivity index (χ4v) is 0.873. The molecule has 0 amide bonds. The van der Waals surface area contributed by atoms with Crippen LogP contribution < -0.4 is 0 Å². The zero-order valence-corrected chi connectivity index (χ0v) is 7.89. The number of carbonyl (C=O) groups excluding carboxylic acids is 1. The Kier molecular flexibility index (Phi) is 15.8. The zero-order chi connectivity index (χ0) is 10.5. The molecule has 0 fully saturated rings. The highest BCUT2D eigenvalue weighted by Crippen LogP contribution is 2.03. The molecule has 0 bridgehead atoms. The highest BCUT2D eigenvalue weighted by molar-refractivity contribution is 5.64. The van der Waals surface area contributed by atoms with Crippen molar-refractivity contribution < 1.29 is 20.4 Å². The van der Waals surface area contributed by atoms with E-state index in [0.717, 1.165) is 25.7 Å². The van der Waals surface area contributed by atoms with E-state index in [4.69, 9.17) is 15.6 Å². The van der Waals surface area contributed by atoms with Crippen molar-refractivity contribution >= 4 is 6.29 Å². The third-order valence-electron chi connectivity index (χ3n) is 1.52. The third-order valence-corrected chi connectivity index (χ3v) is 1.52. The summed E-state index contributed by atoms with van der Waals surface area (Å²) in [6, 6.07) is 0. The van der Waals surface area contributed by atoms with E-state index in [1.807, 2.05) is 0 Å². The fraction of sp³-hybridized carbons (Fsp3) is 0.667. The van der Waals surface area contributed by atoms with Gasteiger partial charge < -0.3 is 5.11 Å². The van der Waals surface area contributed by atoms with Gasteiger partial charge in [0, 0.05) is 0 Å². The van der Waals surface area contributed by atoms with Gasteiger partial charge in [-0.25, -0.2) is 0 Å². The predicted molar refractivity (Wildman–Crippen MR) is 50.6 cm³/mol. The second kappa shape index (κ2) is 13.9. The van der Waals surface area contributed by atoms with Gasteiger partial charge in [-0.2, -0.15) is 0 Å². The van der Waals surface area contributed by atoms with Gasteiger partial charge in [-0.05, 0) is 12.5 Å². The summed E-state index contributed by atoms with van der Waals surface area (Å²) < 4.78 is 0. The molecule has 0 radical (unpaired) electrons. The van der Waals surface area contributed by atoms with Gasteiger partial charge in [0.25, 0.3) is 0 Å². The van der Waals surface area contributed by atoms with Crippen molar-refractivity contribution in [3.8, 4) is 0 Å². The summed E-state index contributed by atoms with van der Waals surface area (Å²) in [5, 5.41) is 21.2. The van der Waals surface area contributed by atoms with E-state index in [1.165, 1.54) is 12.2 Å². The molecule has 13 heavy (non-hydrogen) atoms. The molecule has 0 saturated carbocycles. The topological polar surface area (TPSA) is 77.8 Å². The molecule has 1 unspecified atom stereocenters. The van der Waals surface area contributed by atoms with Crippen LogP contribution in [0.3, 0.4) is 0 Å². The summed E-state index contributed by atoms with van der Waals surface area (Å²) in [5.41, 5.74) is 0. The maximum atomic E-state index is 9.84. The van der Waals surface area contributed by atoms with Gasteiger partial charge in [0.2, 0.25) is 0 Å². The highest BCUT2D eigenvalue weighted by atomic mass is 17.0. The molecule has 0 saturated heterocycles. The van der Waals surface area contributed by atoms with Crippen molar-refractivity contribution in [2.24, 2.45) is 0 Å². The van der Waals surface area contributed by atoms with Gasteiger partial charge in [-0.15, -0.1) is 0 Å². The fourth-order valence-electron chi connectivity index (χ4n) is 0.873. The molecule has 0 aromatic heterocycles. The van der Waals surface area contributed by atoms with Crippen molar-refractivity contribution in [1.29, 1.82) is 0 Å². The highest BCUT2D eigenvalue weighted by Gasteiger charge is 1.96. The monoisotopic (exact) mass is 190 g/mol. The van der Waals surface area contributed by atoms with Crippen LogP contribution in [0.5, 0.6) is 0 Å². The number of hydrogen-bond acceptors (Lipinski definition) is 4. The summed E-state index contributed by atoms with van der Waals surface area (Å²) in [4.78, 5) is 9.84. The second-order valence-corrected chi connectivity index (χ2v) is 2.58. The molecule has 3 N–H and O–H groups in total. The number of carbonyl (C=O) groups is 1. The van der Waals surface area contributed by atoms with Gasteiger partial charge in [-0.3, -0.25) is 15.3 Å². The molecular formula is C9H18O4. The van der Waals surface area contributed by atoms with E-state index in [1.54, 1.807) is 0 Å². The number of allylic oxidation sites excluding steroid dienone is 1. The summed E-state index contributed by atoms with van der Waals surface area (Å²) in [5.74, 6) is 0. The smallest absolute Gasteiger partial charge is 0.142 e. The van der Waals surface area contributed by atoms with Crippen LogP contribution in [-0.2, 0) is 4.79 Å². The molecule has 0 aromatic carbocycles. The van der Waals surface area contributed by atoms with Gasteiger partial charge in [0.05, 0.1) is 6.10 Å². The summed E-state index contributed by atoms with van der Waals surface area (Å²) in [6.07, 6.45) is 7.21. The lowest BCUT2D eigenvalue weighted by Gasteiger charge is -2.02. The molecule has 0 spiro atoms. The van der Waals surface area contributed by atoms with Gasteiger partial charge in [0.15, 0.2) is 0 Å². The maximum absolute atomic E-state index is 9.84. The molecule has 0 aliphatic heterocycles. The van der Waals surface area contributed by atoms with E-state index < -0.39 is 6.10 Å². The predicted octanol–water partition coefficient (Wildman–Crippen LogP) is 1.70. The molecule has 4 nitrogen and oxygen atoms in total. The molecule has 0 aliphatic rings. The summed E-state index contributed by atoms with van der Waals surface area (Å²) >= 11 is 0. The Morgan fingerprint density at radius 2 is 1.92 bits per heavy atom. The van der Waals surface area contributed by atoms with Crippen LogP contribution in [0.15, 0.2) is 12.2 Å². The summed E-state index contributed by atoms with van der Waals surface area (Å²) in [6.45, 7) is 2.12. The largest absolute Gasteiger partial charge is 0.389 e. The average Bonchev–Trinajstić information content (AvgIpc) is 2.18. The lowest BCUT2D eigenvalue weighted by Crippen LogP contribution is -2.01. The minimum absolute atomic E-state index is 0.438. The molecule has 0 rings (SSSR count). The Balaban J connectivity index is 0. The molecule has 0 aromatic rings. The first-order valence-electron chi connectivity index (χ1n) is 4.31. The lowest BCUT2D eigenvalue weighted by molar-refractivity contribution is -0.176. The number of rotatable bonds is 6. The normalized spacial score (nSPS) is 12.0. The minimum atomic E-state index is -0.438. The molecule has 4 heteroatoms. The van der Waals surface area contributed by atoms with Gasteiger partial charge >= 0.3 is 0 Å². The van der Waals surface area contributed by atoms with Crippen molar-refractivity contribution in [2.75, 3.05) is 0 Å². The van der Waals surface area contributed by atoms with Crippen LogP contribution in [0.4, 0.5) is 0 Å². The molecule has 0 heterocycles. The van der Waals surface area contributed by atoms with E-state index in [9.17, 15) is 4.79 Å². The first kappa shape index (κ1) is 14.8.